The van der Waals surface area contributed by atoms with Crippen LogP contribution in [0.2, 0.25) is 10.0 Å². The number of thioether (sulfide) groups is 1. The van der Waals surface area contributed by atoms with Crippen LogP contribution < -0.4 is 9.47 Å². The molecule has 1 amide bonds. The summed E-state index contributed by atoms with van der Waals surface area (Å²) in [6, 6.07) is 17.0. The number of rotatable bonds is 7. The lowest BCUT2D eigenvalue weighted by atomic mass is 10.1. The van der Waals surface area contributed by atoms with Crippen LogP contribution in [0.4, 0.5) is 0 Å². The van der Waals surface area contributed by atoms with E-state index in [1.165, 1.54) is 28.4 Å². The summed E-state index contributed by atoms with van der Waals surface area (Å²) in [6.07, 6.45) is 1.53. The van der Waals surface area contributed by atoms with E-state index >= 15 is 0 Å². The van der Waals surface area contributed by atoms with Gasteiger partial charge in [-0.25, -0.2) is 0 Å². The van der Waals surface area contributed by atoms with Gasteiger partial charge < -0.3 is 9.47 Å². The molecule has 0 fully saturated rings. The molecule has 0 spiro atoms. The van der Waals surface area contributed by atoms with Crippen LogP contribution in [0.5, 0.6) is 11.5 Å². The number of hydrazone groups is 1. The first-order chi connectivity index (χ1) is 18.7. The van der Waals surface area contributed by atoms with Gasteiger partial charge in [0.25, 0.3) is 5.91 Å². The van der Waals surface area contributed by atoms with E-state index < -0.39 is 5.91 Å². The molecule has 0 atom stereocenters. The monoisotopic (exact) mass is 578 g/mol. The Balaban J connectivity index is 1.28. The topological polar surface area (TPSA) is 87.3 Å². The molecule has 0 bridgehead atoms. The van der Waals surface area contributed by atoms with E-state index in [9.17, 15) is 4.79 Å². The van der Waals surface area contributed by atoms with Crippen LogP contribution in [0.1, 0.15) is 27.8 Å². The van der Waals surface area contributed by atoms with E-state index in [1.54, 1.807) is 12.1 Å². The highest BCUT2D eigenvalue weighted by Gasteiger charge is 2.36. The van der Waals surface area contributed by atoms with E-state index in [0.717, 1.165) is 22.4 Å². The van der Waals surface area contributed by atoms with Crippen molar-refractivity contribution in [2.75, 3.05) is 13.2 Å². The number of nitrogens with zero attached hydrogens (tertiary/aromatic N) is 3. The molecule has 2 aliphatic rings. The summed E-state index contributed by atoms with van der Waals surface area (Å²) in [5, 5.41) is 16.1. The van der Waals surface area contributed by atoms with Gasteiger partial charge >= 0.3 is 0 Å². The zero-order valence-corrected chi connectivity index (χ0v) is 23.7. The van der Waals surface area contributed by atoms with Crippen LogP contribution in [-0.2, 0) is 4.79 Å². The number of carbonyl (C=O) groups is 1. The number of benzene rings is 3. The number of hydrogen-bond acceptors (Lipinski definition) is 6. The zero-order chi connectivity index (χ0) is 27.7. The molecule has 0 aliphatic carbocycles. The van der Waals surface area contributed by atoms with Crippen molar-refractivity contribution >= 4 is 63.0 Å². The Morgan fingerprint density at radius 1 is 0.949 bits per heavy atom. The van der Waals surface area contributed by atoms with Gasteiger partial charge in [-0.3, -0.25) is 10.2 Å². The highest BCUT2D eigenvalue weighted by molar-refractivity contribution is 8.27. The van der Waals surface area contributed by atoms with Gasteiger partial charge in [0, 0.05) is 5.56 Å². The molecule has 7 nitrogen and oxygen atoms in total. The maximum atomic E-state index is 12.8. The second-order valence-corrected chi connectivity index (χ2v) is 10.8. The maximum Gasteiger partial charge on any atom is 0.283 e. The molecule has 10 heteroatoms. The summed E-state index contributed by atoms with van der Waals surface area (Å²) < 4.78 is 11.5. The lowest BCUT2D eigenvalue weighted by Gasteiger charge is -2.20. The minimum atomic E-state index is -0.532. The molecule has 0 radical (unpaired) electrons. The first-order valence-electron chi connectivity index (χ1n) is 12.1. The first kappa shape index (κ1) is 27.0. The molecule has 3 aromatic carbocycles. The Morgan fingerprint density at radius 3 is 2.33 bits per heavy atom. The van der Waals surface area contributed by atoms with E-state index in [2.05, 4.69) is 10.1 Å². The Morgan fingerprint density at radius 2 is 1.64 bits per heavy atom. The van der Waals surface area contributed by atoms with E-state index in [0.29, 0.717) is 28.1 Å². The number of ether oxygens (including phenoxy) is 2. The van der Waals surface area contributed by atoms with E-state index in [4.69, 9.17) is 38.1 Å². The van der Waals surface area contributed by atoms with Crippen molar-refractivity contribution in [3.63, 3.8) is 0 Å². The fourth-order valence-electron chi connectivity index (χ4n) is 3.88. The molecule has 5 rings (SSSR count). The normalized spacial score (nSPS) is 15.8. The minimum Gasteiger partial charge on any atom is -0.490 e. The predicted octanol–water partition coefficient (Wildman–Crippen LogP) is 7.04. The first-order valence-corrected chi connectivity index (χ1v) is 13.7. The lowest BCUT2D eigenvalue weighted by Crippen LogP contribution is -2.35. The number of halogens is 2. The average molecular weight is 580 g/mol. The number of aliphatic imine (C=N–C) groups is 1. The Kier molecular flexibility index (Phi) is 7.79. The van der Waals surface area contributed by atoms with Crippen molar-refractivity contribution in [2.24, 2.45) is 10.1 Å². The van der Waals surface area contributed by atoms with E-state index in [-0.39, 0.29) is 28.1 Å². The molecular formula is C29H24Cl2N4O3S. The standard InChI is InChI=1S/C29H24Cl2N4O3S/c1-16-4-7-20(8-5-16)28-34-35-26(32)22(27(36)33-29(35)39-28)13-19-14-23(30)25(24(31)15-19)38-11-10-37-21-9-6-17(2)18(3)12-21/h4-9,12-15,32H,10-11H2,1-3H3. The lowest BCUT2D eigenvalue weighted by molar-refractivity contribution is -0.114. The fourth-order valence-corrected chi connectivity index (χ4v) is 5.39. The molecule has 1 N–H and O–H groups in total. The fraction of sp³-hybridized carbons (Fsp3) is 0.172. The van der Waals surface area contributed by atoms with Crippen molar-refractivity contribution in [1.29, 1.82) is 5.41 Å². The van der Waals surface area contributed by atoms with Gasteiger partial charge in [-0.15, -0.1) is 0 Å². The largest absolute Gasteiger partial charge is 0.490 e. The van der Waals surface area contributed by atoms with Gasteiger partial charge in [0.15, 0.2) is 11.6 Å². The predicted molar refractivity (Wildman–Crippen MR) is 159 cm³/mol. The molecule has 2 aliphatic heterocycles. The van der Waals surface area contributed by atoms with Crippen LogP contribution in [0.15, 0.2) is 70.3 Å². The van der Waals surface area contributed by atoms with Gasteiger partial charge in [-0.2, -0.15) is 15.1 Å². The summed E-state index contributed by atoms with van der Waals surface area (Å²) in [5.41, 5.74) is 4.98. The van der Waals surface area contributed by atoms with Crippen molar-refractivity contribution in [2.45, 2.75) is 20.8 Å². The number of carbonyl (C=O) groups excluding carboxylic acids is 1. The molecule has 39 heavy (non-hydrogen) atoms. The van der Waals surface area contributed by atoms with Crippen molar-refractivity contribution in [1.82, 2.24) is 5.01 Å². The molecule has 3 aromatic rings. The molecule has 198 valence electrons. The smallest absolute Gasteiger partial charge is 0.283 e. The number of fused-ring (bicyclic) bond motifs is 1. The SMILES string of the molecule is Cc1ccc(C2=NN3C(=N)C(=Cc4cc(Cl)c(OCCOc5ccc(C)c(C)c5)c(Cl)c4)C(=O)N=C3S2)cc1. The third-order valence-electron chi connectivity index (χ3n) is 6.16. The van der Waals surface area contributed by atoms with E-state index in [1.807, 2.05) is 63.2 Å². The Hall–Kier alpha value is -3.59. The second kappa shape index (κ2) is 11.3. The second-order valence-electron chi connectivity index (χ2n) is 9.05. The highest BCUT2D eigenvalue weighted by atomic mass is 35.5. The molecule has 0 unspecified atom stereocenters. The van der Waals surface area contributed by atoms with Crippen molar-refractivity contribution < 1.29 is 14.3 Å². The van der Waals surface area contributed by atoms with Gasteiger partial charge in [0.05, 0.1) is 15.6 Å². The summed E-state index contributed by atoms with van der Waals surface area (Å²) >= 11 is 14.2. The number of amidine groups is 2. The number of aryl methyl sites for hydroxylation is 3. The quantitative estimate of drug-likeness (QED) is 0.240. The molecule has 0 saturated carbocycles. The summed E-state index contributed by atoms with van der Waals surface area (Å²) in [6.45, 7) is 6.63. The van der Waals surface area contributed by atoms with Crippen molar-refractivity contribution in [3.05, 3.63) is 98.0 Å². The number of amides is 1. The Bertz CT molecular complexity index is 1560. The van der Waals surface area contributed by atoms with Gasteiger partial charge in [0.2, 0.25) is 5.17 Å². The van der Waals surface area contributed by atoms with Gasteiger partial charge in [-0.05, 0) is 79.6 Å². The Labute approximate surface area is 240 Å². The molecular weight excluding hydrogens is 555 g/mol. The van der Waals surface area contributed by atoms with Crippen molar-refractivity contribution in [3.8, 4) is 11.5 Å². The molecule has 0 saturated heterocycles. The number of nitrogens with one attached hydrogen (secondary N) is 1. The van der Waals surface area contributed by atoms with Crippen LogP contribution in [0, 0.1) is 26.2 Å². The van der Waals surface area contributed by atoms with Gasteiger partial charge in [-0.1, -0.05) is 59.1 Å². The summed E-state index contributed by atoms with van der Waals surface area (Å²) in [5.74, 6) is 0.474. The zero-order valence-electron chi connectivity index (χ0n) is 21.4. The molecule has 0 aromatic heterocycles. The minimum absolute atomic E-state index is 0.0734. The van der Waals surface area contributed by atoms with Gasteiger partial charge in [0.1, 0.15) is 24.0 Å². The summed E-state index contributed by atoms with van der Waals surface area (Å²) in [7, 11) is 0. The average Bonchev–Trinajstić information content (AvgIpc) is 3.32. The van der Waals surface area contributed by atoms with Crippen LogP contribution >= 0.6 is 35.0 Å². The van der Waals surface area contributed by atoms with Crippen LogP contribution in [0.25, 0.3) is 6.08 Å². The number of hydrogen-bond donors (Lipinski definition) is 1. The van der Waals surface area contributed by atoms with Crippen LogP contribution in [-0.4, -0.2) is 40.2 Å². The third-order valence-corrected chi connectivity index (χ3v) is 7.68. The molecule has 2 heterocycles. The summed E-state index contributed by atoms with van der Waals surface area (Å²) in [4.78, 5) is 17.0. The highest BCUT2D eigenvalue weighted by Crippen LogP contribution is 2.36. The third kappa shape index (κ3) is 5.88. The van der Waals surface area contributed by atoms with Crippen LogP contribution in [0.3, 0.4) is 0 Å². The maximum absolute atomic E-state index is 12.8.